The number of unbranched alkanes of at least 4 members (excludes halogenated alkanes) is 3. The van der Waals surface area contributed by atoms with Crippen molar-refractivity contribution in [1.82, 2.24) is 9.88 Å². The third-order valence-corrected chi connectivity index (χ3v) is 6.35. The normalized spacial score (nSPS) is 17.2. The number of amides is 1. The van der Waals surface area contributed by atoms with Gasteiger partial charge < -0.3 is 4.74 Å². The molecule has 1 saturated heterocycles. The van der Waals surface area contributed by atoms with Crippen molar-refractivity contribution in [2.24, 2.45) is 0 Å². The lowest BCUT2D eigenvalue weighted by molar-refractivity contribution is 0.102. The molecule has 29 heavy (non-hydrogen) atoms. The molecular formula is C23H33N3O2S. The summed E-state index contributed by atoms with van der Waals surface area (Å²) in [5.41, 5.74) is 0.615. The quantitative estimate of drug-likeness (QED) is 0.504. The lowest BCUT2D eigenvalue weighted by Gasteiger charge is -2.32. The van der Waals surface area contributed by atoms with Gasteiger partial charge in [-0.1, -0.05) is 32.6 Å². The highest BCUT2D eigenvalue weighted by Gasteiger charge is 2.19. The fourth-order valence-electron chi connectivity index (χ4n) is 3.62. The topological polar surface area (TPSA) is 54.5 Å². The number of ether oxygens (including phenoxy) is 1. The van der Waals surface area contributed by atoms with E-state index in [1.807, 2.05) is 18.3 Å². The van der Waals surface area contributed by atoms with Crippen molar-refractivity contribution in [2.75, 3.05) is 18.5 Å². The molecular weight excluding hydrogens is 382 g/mol. The molecule has 1 aliphatic heterocycles. The number of carbonyl (C=O) groups excluding carboxylic acids is 1. The van der Waals surface area contributed by atoms with Gasteiger partial charge in [0.15, 0.2) is 5.13 Å². The van der Waals surface area contributed by atoms with Crippen LogP contribution in [0.5, 0.6) is 5.75 Å². The summed E-state index contributed by atoms with van der Waals surface area (Å²) in [4.78, 5) is 20.6. The molecule has 3 rings (SSSR count). The standard InChI is InChI=1S/C23H33N3O2S/c1-3-4-5-8-15-28-20-12-10-19(11-13-20)22(27)25-23-24-16-21(29-23)17-26-14-7-6-9-18(26)2/h10-13,16,18H,3-9,14-15,17H2,1-2H3,(H,24,25,27). The molecule has 1 aromatic carbocycles. The fourth-order valence-corrected chi connectivity index (χ4v) is 4.46. The predicted molar refractivity (Wildman–Crippen MR) is 120 cm³/mol. The fraction of sp³-hybridized carbons (Fsp3) is 0.565. The summed E-state index contributed by atoms with van der Waals surface area (Å²) >= 11 is 1.56. The molecule has 1 atom stereocenters. The Morgan fingerprint density at radius 3 is 2.83 bits per heavy atom. The largest absolute Gasteiger partial charge is 0.494 e. The lowest BCUT2D eigenvalue weighted by atomic mass is 10.0. The Morgan fingerprint density at radius 1 is 1.24 bits per heavy atom. The maximum Gasteiger partial charge on any atom is 0.257 e. The van der Waals surface area contributed by atoms with Gasteiger partial charge in [-0.2, -0.15) is 0 Å². The number of rotatable bonds is 10. The molecule has 1 unspecified atom stereocenters. The Hall–Kier alpha value is -1.92. The molecule has 0 radical (unpaired) electrons. The summed E-state index contributed by atoms with van der Waals surface area (Å²) in [6.45, 7) is 7.28. The molecule has 0 bridgehead atoms. The van der Waals surface area contributed by atoms with Crippen LogP contribution in [0.2, 0.25) is 0 Å². The number of aromatic nitrogens is 1. The van der Waals surface area contributed by atoms with E-state index in [1.165, 1.54) is 43.4 Å². The lowest BCUT2D eigenvalue weighted by Crippen LogP contribution is -2.36. The van der Waals surface area contributed by atoms with Crippen LogP contribution in [-0.2, 0) is 6.54 Å². The van der Waals surface area contributed by atoms with Gasteiger partial charge in [0.05, 0.1) is 6.61 Å². The van der Waals surface area contributed by atoms with E-state index in [0.29, 0.717) is 16.7 Å². The molecule has 0 spiro atoms. The molecule has 1 N–H and O–H groups in total. The summed E-state index contributed by atoms with van der Waals surface area (Å²) in [5.74, 6) is 0.678. The molecule has 1 fully saturated rings. The van der Waals surface area contributed by atoms with Crippen LogP contribution in [0.3, 0.4) is 0 Å². The Morgan fingerprint density at radius 2 is 2.07 bits per heavy atom. The second-order valence-corrected chi connectivity index (χ2v) is 8.95. The average molecular weight is 416 g/mol. The number of carbonyl (C=O) groups is 1. The number of hydrogen-bond acceptors (Lipinski definition) is 5. The van der Waals surface area contributed by atoms with Crippen LogP contribution in [0, 0.1) is 0 Å². The number of piperidine rings is 1. The van der Waals surface area contributed by atoms with Crippen LogP contribution >= 0.6 is 11.3 Å². The Labute approximate surface area is 178 Å². The Bertz CT molecular complexity index is 760. The number of nitrogens with zero attached hydrogens (tertiary/aromatic N) is 2. The van der Waals surface area contributed by atoms with E-state index >= 15 is 0 Å². The molecule has 1 amide bonds. The van der Waals surface area contributed by atoms with E-state index in [0.717, 1.165) is 31.9 Å². The highest BCUT2D eigenvalue weighted by molar-refractivity contribution is 7.15. The molecule has 1 aromatic heterocycles. The third kappa shape index (κ3) is 6.82. The van der Waals surface area contributed by atoms with Gasteiger partial charge in [-0.15, -0.1) is 11.3 Å². The van der Waals surface area contributed by atoms with Crippen LogP contribution < -0.4 is 10.1 Å². The molecule has 2 aromatic rings. The van der Waals surface area contributed by atoms with Gasteiger partial charge in [0.2, 0.25) is 0 Å². The summed E-state index contributed by atoms with van der Waals surface area (Å²) in [5, 5.41) is 3.58. The minimum atomic E-state index is -0.133. The molecule has 2 heterocycles. The second kappa shape index (κ2) is 11.3. The van der Waals surface area contributed by atoms with E-state index in [4.69, 9.17) is 4.74 Å². The molecule has 1 aliphatic rings. The zero-order valence-electron chi connectivity index (χ0n) is 17.7. The highest BCUT2D eigenvalue weighted by atomic mass is 32.1. The van der Waals surface area contributed by atoms with Crippen molar-refractivity contribution in [3.63, 3.8) is 0 Å². The van der Waals surface area contributed by atoms with Gasteiger partial charge in [0, 0.05) is 29.2 Å². The van der Waals surface area contributed by atoms with Crippen molar-refractivity contribution in [3.05, 3.63) is 40.9 Å². The van der Waals surface area contributed by atoms with Gasteiger partial charge >= 0.3 is 0 Å². The zero-order chi connectivity index (χ0) is 20.5. The second-order valence-electron chi connectivity index (χ2n) is 7.83. The maximum absolute atomic E-state index is 12.5. The average Bonchev–Trinajstić information content (AvgIpc) is 3.17. The molecule has 6 heteroatoms. The first-order valence-electron chi connectivity index (χ1n) is 10.9. The monoisotopic (exact) mass is 415 g/mol. The summed E-state index contributed by atoms with van der Waals surface area (Å²) < 4.78 is 5.74. The number of hydrogen-bond donors (Lipinski definition) is 1. The van der Waals surface area contributed by atoms with Crippen LogP contribution in [0.4, 0.5) is 5.13 Å². The van der Waals surface area contributed by atoms with Gasteiger partial charge in [0.1, 0.15) is 5.75 Å². The maximum atomic E-state index is 12.5. The number of nitrogens with one attached hydrogen (secondary N) is 1. The van der Waals surface area contributed by atoms with E-state index in [9.17, 15) is 4.79 Å². The van der Waals surface area contributed by atoms with Crippen molar-refractivity contribution in [2.45, 2.75) is 71.4 Å². The first kappa shape index (κ1) is 21.8. The van der Waals surface area contributed by atoms with Crippen LogP contribution in [-0.4, -0.2) is 35.0 Å². The smallest absolute Gasteiger partial charge is 0.257 e. The zero-order valence-corrected chi connectivity index (χ0v) is 18.5. The molecule has 0 saturated carbocycles. The first-order chi connectivity index (χ1) is 14.2. The predicted octanol–water partition coefficient (Wildman–Crippen LogP) is 5.73. The van der Waals surface area contributed by atoms with Crippen molar-refractivity contribution in [1.29, 1.82) is 0 Å². The van der Waals surface area contributed by atoms with Crippen molar-refractivity contribution in [3.8, 4) is 5.75 Å². The van der Waals surface area contributed by atoms with Crippen molar-refractivity contribution < 1.29 is 9.53 Å². The molecule has 5 nitrogen and oxygen atoms in total. The van der Waals surface area contributed by atoms with E-state index in [2.05, 4.69) is 29.0 Å². The molecule has 0 aliphatic carbocycles. The number of benzene rings is 1. The minimum absolute atomic E-state index is 0.133. The number of thiazole rings is 1. The SMILES string of the molecule is CCCCCCOc1ccc(C(=O)Nc2ncc(CN3CCCCC3C)s2)cc1. The number of likely N-dealkylation sites (tertiary alicyclic amines) is 1. The van der Waals surface area contributed by atoms with Gasteiger partial charge in [-0.05, 0) is 57.0 Å². The number of anilines is 1. The highest BCUT2D eigenvalue weighted by Crippen LogP contribution is 2.24. The summed E-state index contributed by atoms with van der Waals surface area (Å²) in [7, 11) is 0. The van der Waals surface area contributed by atoms with Gasteiger partial charge in [-0.3, -0.25) is 15.0 Å². The van der Waals surface area contributed by atoms with Crippen LogP contribution in [0.1, 0.15) is 74.0 Å². The summed E-state index contributed by atoms with van der Waals surface area (Å²) in [6, 6.07) is 7.96. The first-order valence-corrected chi connectivity index (χ1v) is 11.7. The van der Waals surface area contributed by atoms with E-state index in [-0.39, 0.29) is 5.91 Å². The summed E-state index contributed by atoms with van der Waals surface area (Å²) in [6.07, 6.45) is 10.5. The Balaban J connectivity index is 1.47. The Kier molecular flexibility index (Phi) is 8.50. The third-order valence-electron chi connectivity index (χ3n) is 5.46. The minimum Gasteiger partial charge on any atom is -0.494 e. The van der Waals surface area contributed by atoms with Crippen LogP contribution in [0.25, 0.3) is 0 Å². The van der Waals surface area contributed by atoms with E-state index < -0.39 is 0 Å². The van der Waals surface area contributed by atoms with Crippen LogP contribution in [0.15, 0.2) is 30.5 Å². The van der Waals surface area contributed by atoms with E-state index in [1.54, 1.807) is 23.5 Å². The van der Waals surface area contributed by atoms with Gasteiger partial charge in [0.25, 0.3) is 5.91 Å². The van der Waals surface area contributed by atoms with Crippen molar-refractivity contribution >= 4 is 22.4 Å². The molecule has 158 valence electrons. The van der Waals surface area contributed by atoms with Gasteiger partial charge in [-0.25, -0.2) is 4.98 Å².